The van der Waals surface area contributed by atoms with Crippen molar-refractivity contribution >= 4 is 9.84 Å². The van der Waals surface area contributed by atoms with Gasteiger partial charge in [-0.3, -0.25) is 0 Å². The average molecular weight is 253 g/mol. The van der Waals surface area contributed by atoms with Gasteiger partial charge < -0.3 is 10.4 Å². The molecule has 1 heterocycles. The Morgan fingerprint density at radius 2 is 2.00 bits per heavy atom. The van der Waals surface area contributed by atoms with Crippen LogP contribution in [0.3, 0.4) is 0 Å². The molecule has 2 unspecified atom stereocenters. The molecule has 1 aliphatic rings. The number of hydrogen-bond donors (Lipinski definition) is 2. The Labute approximate surface area is 101 Å². The first-order chi connectivity index (χ1) is 7.96. The molecule has 2 N–H and O–H groups in total. The molecule has 5 heteroatoms. The molecule has 0 aromatic heterocycles. The lowest BCUT2D eigenvalue weighted by Gasteiger charge is -2.18. The summed E-state index contributed by atoms with van der Waals surface area (Å²) in [6.45, 7) is 1.96. The minimum Gasteiger partial charge on any atom is -0.508 e. The molecule has 1 aliphatic heterocycles. The molecule has 0 aliphatic carbocycles. The molecule has 0 amide bonds. The number of nitrogens with one attached hydrogen (secondary N) is 1. The van der Waals surface area contributed by atoms with Crippen LogP contribution in [-0.2, 0) is 9.84 Å². The molecular weight excluding hydrogens is 238 g/mol. The van der Waals surface area contributed by atoms with Crippen LogP contribution < -0.4 is 5.32 Å². The third kappa shape index (κ3) is 3.08. The van der Waals surface area contributed by atoms with E-state index in [1.807, 2.05) is 19.1 Å². The van der Waals surface area contributed by atoms with Crippen LogP contribution in [-0.4, -0.2) is 25.3 Å². The summed E-state index contributed by atoms with van der Waals surface area (Å²) in [4.78, 5) is 0. The fraction of sp³-hybridized carbons (Fsp3) is 0.333. The predicted octanol–water partition coefficient (Wildman–Crippen LogP) is 1.35. The van der Waals surface area contributed by atoms with Gasteiger partial charge in [-0.15, -0.1) is 0 Å². The maximum absolute atomic E-state index is 11.2. The van der Waals surface area contributed by atoms with Gasteiger partial charge >= 0.3 is 0 Å². The van der Waals surface area contributed by atoms with Crippen LogP contribution in [0.15, 0.2) is 35.7 Å². The second-order valence-electron chi connectivity index (χ2n) is 4.24. The van der Waals surface area contributed by atoms with E-state index in [2.05, 4.69) is 5.32 Å². The van der Waals surface area contributed by atoms with Crippen LogP contribution in [0, 0.1) is 0 Å². The molecular formula is C12H15NO3S. The van der Waals surface area contributed by atoms with E-state index in [9.17, 15) is 13.5 Å². The minimum atomic E-state index is -3.01. The van der Waals surface area contributed by atoms with Crippen molar-refractivity contribution in [3.63, 3.8) is 0 Å². The quantitative estimate of drug-likeness (QED) is 0.853. The molecule has 2 atom stereocenters. The largest absolute Gasteiger partial charge is 0.508 e. The maximum atomic E-state index is 11.2. The third-order valence-electron chi connectivity index (χ3n) is 2.79. The summed E-state index contributed by atoms with van der Waals surface area (Å²) < 4.78 is 22.5. The van der Waals surface area contributed by atoms with Gasteiger partial charge in [0.15, 0.2) is 9.84 Å². The van der Waals surface area contributed by atoms with Gasteiger partial charge in [0.2, 0.25) is 0 Å². The molecule has 4 nitrogen and oxygen atoms in total. The maximum Gasteiger partial charge on any atom is 0.173 e. The van der Waals surface area contributed by atoms with E-state index in [0.717, 1.165) is 5.56 Å². The number of sulfone groups is 1. The summed E-state index contributed by atoms with van der Waals surface area (Å²) in [6.07, 6.45) is 1.67. The lowest BCUT2D eigenvalue weighted by atomic mass is 10.1. The first kappa shape index (κ1) is 12.1. The molecule has 1 aromatic carbocycles. The van der Waals surface area contributed by atoms with E-state index in [1.165, 1.54) is 5.41 Å². The summed E-state index contributed by atoms with van der Waals surface area (Å²) in [6, 6.07) is 6.78. The molecule has 0 fully saturated rings. The van der Waals surface area contributed by atoms with Gasteiger partial charge in [-0.05, 0) is 24.6 Å². The standard InChI is InChI=1S/C12H15NO3S/c1-9(10-2-4-12(14)5-3-10)13-11-6-7-17(15,16)8-11/h2-7,9,11,13-14H,8H2,1H3. The number of phenols is 1. The van der Waals surface area contributed by atoms with Crippen LogP contribution in [0.1, 0.15) is 18.5 Å². The Morgan fingerprint density at radius 3 is 2.53 bits per heavy atom. The van der Waals surface area contributed by atoms with Gasteiger partial charge in [0.1, 0.15) is 5.75 Å². The Kier molecular flexibility index (Phi) is 3.22. The Morgan fingerprint density at radius 1 is 1.35 bits per heavy atom. The van der Waals surface area contributed by atoms with Gasteiger partial charge in [0.05, 0.1) is 5.75 Å². The summed E-state index contributed by atoms with van der Waals surface area (Å²) in [7, 11) is -3.01. The molecule has 17 heavy (non-hydrogen) atoms. The van der Waals surface area contributed by atoms with E-state index in [-0.39, 0.29) is 23.6 Å². The predicted molar refractivity (Wildman–Crippen MR) is 66.4 cm³/mol. The second-order valence-corrected chi connectivity index (χ2v) is 6.18. The lowest BCUT2D eigenvalue weighted by molar-refractivity contribution is 0.474. The average Bonchev–Trinajstić information content (AvgIpc) is 2.59. The van der Waals surface area contributed by atoms with Crippen molar-refractivity contribution < 1.29 is 13.5 Å². The van der Waals surface area contributed by atoms with Gasteiger partial charge in [-0.2, -0.15) is 0 Å². The van der Waals surface area contributed by atoms with Gasteiger partial charge in [-0.1, -0.05) is 18.2 Å². The van der Waals surface area contributed by atoms with Crippen molar-refractivity contribution in [1.29, 1.82) is 0 Å². The summed E-state index contributed by atoms with van der Waals surface area (Å²) >= 11 is 0. The van der Waals surface area contributed by atoms with E-state index in [4.69, 9.17) is 0 Å². The van der Waals surface area contributed by atoms with Crippen LogP contribution in [0.4, 0.5) is 0 Å². The highest BCUT2D eigenvalue weighted by Crippen LogP contribution is 2.18. The summed E-state index contributed by atoms with van der Waals surface area (Å²) in [5, 5.41) is 13.7. The van der Waals surface area contributed by atoms with Gasteiger partial charge in [-0.25, -0.2) is 8.42 Å². The molecule has 2 rings (SSSR count). The zero-order valence-electron chi connectivity index (χ0n) is 9.50. The fourth-order valence-corrected chi connectivity index (χ4v) is 3.11. The van der Waals surface area contributed by atoms with Crippen LogP contribution in [0.5, 0.6) is 5.75 Å². The SMILES string of the molecule is CC(NC1C=CS(=O)(=O)C1)c1ccc(O)cc1. The van der Waals surface area contributed by atoms with Crippen LogP contribution in [0.2, 0.25) is 0 Å². The topological polar surface area (TPSA) is 66.4 Å². The second kappa shape index (κ2) is 4.50. The van der Waals surface area contributed by atoms with Crippen molar-refractivity contribution in [2.24, 2.45) is 0 Å². The highest BCUT2D eigenvalue weighted by Gasteiger charge is 2.22. The number of hydrogen-bond acceptors (Lipinski definition) is 4. The zero-order valence-corrected chi connectivity index (χ0v) is 10.3. The molecule has 0 saturated heterocycles. The van der Waals surface area contributed by atoms with Crippen molar-refractivity contribution in [1.82, 2.24) is 5.32 Å². The summed E-state index contributed by atoms with van der Waals surface area (Å²) in [5.41, 5.74) is 1.01. The van der Waals surface area contributed by atoms with E-state index >= 15 is 0 Å². The Hall–Kier alpha value is -1.33. The normalized spacial score (nSPS) is 23.7. The molecule has 1 aromatic rings. The Bertz CT molecular complexity index is 519. The molecule has 92 valence electrons. The highest BCUT2D eigenvalue weighted by molar-refractivity contribution is 7.94. The van der Waals surface area contributed by atoms with E-state index in [0.29, 0.717) is 0 Å². The third-order valence-corrected chi connectivity index (χ3v) is 4.18. The minimum absolute atomic E-state index is 0.0403. The van der Waals surface area contributed by atoms with E-state index in [1.54, 1.807) is 18.2 Å². The number of benzene rings is 1. The first-order valence-electron chi connectivity index (χ1n) is 5.42. The van der Waals surface area contributed by atoms with Crippen molar-refractivity contribution in [3.8, 4) is 5.75 Å². The molecule has 0 bridgehead atoms. The summed E-state index contributed by atoms with van der Waals surface area (Å²) in [5.74, 6) is 0.347. The van der Waals surface area contributed by atoms with Crippen molar-refractivity contribution in [2.45, 2.75) is 19.0 Å². The smallest absolute Gasteiger partial charge is 0.173 e. The van der Waals surface area contributed by atoms with Gasteiger partial charge in [0.25, 0.3) is 0 Å². The van der Waals surface area contributed by atoms with Gasteiger partial charge in [0, 0.05) is 17.5 Å². The highest BCUT2D eigenvalue weighted by atomic mass is 32.2. The first-order valence-corrected chi connectivity index (χ1v) is 7.14. The Balaban J connectivity index is 2.01. The number of rotatable bonds is 3. The number of phenolic OH excluding ortho intramolecular Hbond substituents is 1. The number of aromatic hydroxyl groups is 1. The van der Waals surface area contributed by atoms with E-state index < -0.39 is 9.84 Å². The zero-order chi connectivity index (χ0) is 12.5. The monoisotopic (exact) mass is 253 g/mol. The van der Waals surface area contributed by atoms with Crippen molar-refractivity contribution in [2.75, 3.05) is 5.75 Å². The molecule has 0 spiro atoms. The van der Waals surface area contributed by atoms with Crippen LogP contribution in [0.25, 0.3) is 0 Å². The molecule has 0 radical (unpaired) electrons. The fourth-order valence-electron chi connectivity index (χ4n) is 1.86. The lowest BCUT2D eigenvalue weighted by Crippen LogP contribution is -2.32. The van der Waals surface area contributed by atoms with Crippen molar-refractivity contribution in [3.05, 3.63) is 41.3 Å². The molecule has 0 saturated carbocycles. The van der Waals surface area contributed by atoms with Crippen LogP contribution >= 0.6 is 0 Å².